The second-order valence-electron chi connectivity index (χ2n) is 4.41. The zero-order valence-corrected chi connectivity index (χ0v) is 11.4. The molecule has 1 aromatic heterocycles. The molecule has 0 aliphatic heterocycles. The van der Waals surface area contributed by atoms with Crippen LogP contribution in [0, 0.1) is 9.52 Å². The Morgan fingerprint density at radius 2 is 2.06 bits per heavy atom. The van der Waals surface area contributed by atoms with E-state index in [-0.39, 0.29) is 5.82 Å². The smallest absolute Gasteiger partial charge is 0.131 e. The van der Waals surface area contributed by atoms with E-state index in [0.717, 1.165) is 15.0 Å². The maximum atomic E-state index is 13.9. The van der Waals surface area contributed by atoms with Crippen LogP contribution in [0.25, 0.3) is 11.1 Å². The summed E-state index contributed by atoms with van der Waals surface area (Å²) in [4.78, 5) is 0. The average Bonchev–Trinajstić information content (AvgIpc) is 2.59. The van der Waals surface area contributed by atoms with Gasteiger partial charge in [0.05, 0.1) is 0 Å². The van der Waals surface area contributed by atoms with Gasteiger partial charge in [0.1, 0.15) is 9.52 Å². The molecule has 4 heteroatoms. The van der Waals surface area contributed by atoms with Crippen molar-refractivity contribution in [3.05, 3.63) is 39.5 Å². The number of benzene rings is 1. The lowest BCUT2D eigenvalue weighted by Crippen LogP contribution is -2.10. The summed E-state index contributed by atoms with van der Waals surface area (Å²) < 4.78 is 14.7. The monoisotopic (exact) mass is 342 g/mol. The molecule has 3 rings (SSSR count). The van der Waals surface area contributed by atoms with Gasteiger partial charge in [-0.1, -0.05) is 24.6 Å². The van der Waals surface area contributed by atoms with E-state index in [9.17, 15) is 4.39 Å². The SMILES string of the molecule is Fc1ccccc1-c1c(I)n[nH]c1C1CCC1. The Balaban J connectivity index is 2.13. The van der Waals surface area contributed by atoms with Gasteiger partial charge in [0, 0.05) is 22.7 Å². The van der Waals surface area contributed by atoms with Gasteiger partial charge in [-0.15, -0.1) is 0 Å². The third-order valence-corrected chi connectivity index (χ3v) is 4.19. The molecule has 1 heterocycles. The second-order valence-corrected chi connectivity index (χ2v) is 5.43. The van der Waals surface area contributed by atoms with Crippen molar-refractivity contribution < 1.29 is 4.39 Å². The van der Waals surface area contributed by atoms with Crippen molar-refractivity contribution in [3.8, 4) is 11.1 Å². The Kier molecular flexibility index (Phi) is 2.90. The highest BCUT2D eigenvalue weighted by molar-refractivity contribution is 14.1. The largest absolute Gasteiger partial charge is 0.281 e. The van der Waals surface area contributed by atoms with Crippen LogP contribution in [0.3, 0.4) is 0 Å². The first kappa shape index (κ1) is 11.2. The molecule has 1 aliphatic carbocycles. The van der Waals surface area contributed by atoms with E-state index in [1.165, 1.54) is 25.3 Å². The minimum absolute atomic E-state index is 0.174. The number of H-pyrrole nitrogens is 1. The molecule has 2 aromatic rings. The van der Waals surface area contributed by atoms with Crippen LogP contribution in [0.4, 0.5) is 4.39 Å². The summed E-state index contributed by atoms with van der Waals surface area (Å²) in [5, 5.41) is 7.31. The highest BCUT2D eigenvalue weighted by Gasteiger charge is 2.27. The summed E-state index contributed by atoms with van der Waals surface area (Å²) in [6, 6.07) is 6.91. The fraction of sp³-hybridized carbons (Fsp3) is 0.308. The van der Waals surface area contributed by atoms with Gasteiger partial charge in [0.25, 0.3) is 0 Å². The van der Waals surface area contributed by atoms with Crippen LogP contribution in [0.15, 0.2) is 24.3 Å². The highest BCUT2D eigenvalue weighted by atomic mass is 127. The first-order chi connectivity index (χ1) is 8.27. The van der Waals surface area contributed by atoms with Crippen molar-refractivity contribution >= 4 is 22.6 Å². The molecule has 0 radical (unpaired) electrons. The van der Waals surface area contributed by atoms with Crippen molar-refractivity contribution in [2.24, 2.45) is 0 Å². The molecular weight excluding hydrogens is 330 g/mol. The van der Waals surface area contributed by atoms with Crippen LogP contribution in [0.1, 0.15) is 30.9 Å². The normalized spacial score (nSPS) is 15.9. The minimum atomic E-state index is -0.174. The number of halogens is 2. The summed E-state index contributed by atoms with van der Waals surface area (Å²) in [5.41, 5.74) is 2.71. The van der Waals surface area contributed by atoms with Gasteiger partial charge in [-0.3, -0.25) is 5.10 Å². The molecule has 1 aliphatic rings. The minimum Gasteiger partial charge on any atom is -0.281 e. The summed E-state index contributed by atoms with van der Waals surface area (Å²) in [5.74, 6) is 0.355. The number of hydrogen-bond acceptors (Lipinski definition) is 1. The molecule has 88 valence electrons. The number of aromatic nitrogens is 2. The summed E-state index contributed by atoms with van der Waals surface area (Å²) in [6.45, 7) is 0. The van der Waals surface area contributed by atoms with Crippen molar-refractivity contribution in [1.82, 2.24) is 10.2 Å². The van der Waals surface area contributed by atoms with Crippen molar-refractivity contribution in [2.75, 3.05) is 0 Å². The molecule has 17 heavy (non-hydrogen) atoms. The molecule has 0 saturated heterocycles. The molecule has 0 unspecified atom stereocenters. The molecular formula is C13H12FIN2. The Bertz CT molecular complexity index is 546. The van der Waals surface area contributed by atoms with Gasteiger partial charge < -0.3 is 0 Å². The fourth-order valence-electron chi connectivity index (χ4n) is 2.24. The van der Waals surface area contributed by atoms with Crippen LogP contribution >= 0.6 is 22.6 Å². The van der Waals surface area contributed by atoms with E-state index in [1.807, 2.05) is 12.1 Å². The van der Waals surface area contributed by atoms with Crippen LogP contribution in [0.2, 0.25) is 0 Å². The topological polar surface area (TPSA) is 28.7 Å². The van der Waals surface area contributed by atoms with Crippen LogP contribution < -0.4 is 0 Å². The molecule has 0 amide bonds. The number of rotatable bonds is 2. The Labute approximate surface area is 113 Å². The predicted octanol–water partition coefficient (Wildman–Crippen LogP) is 4.09. The number of hydrogen-bond donors (Lipinski definition) is 1. The van der Waals surface area contributed by atoms with Crippen molar-refractivity contribution in [2.45, 2.75) is 25.2 Å². The molecule has 0 atom stereocenters. The number of nitrogens with one attached hydrogen (secondary N) is 1. The lowest BCUT2D eigenvalue weighted by atomic mass is 9.81. The lowest BCUT2D eigenvalue weighted by Gasteiger charge is -2.25. The zero-order valence-electron chi connectivity index (χ0n) is 9.21. The quantitative estimate of drug-likeness (QED) is 0.819. The number of nitrogens with zero attached hydrogens (tertiary/aromatic N) is 1. The molecule has 0 spiro atoms. The standard InChI is InChI=1S/C13H12FIN2/c14-10-7-2-1-6-9(10)11-12(8-4-3-5-8)16-17-13(11)15/h1-2,6-8H,3-5H2,(H,16,17). The average molecular weight is 342 g/mol. The van der Waals surface area contributed by atoms with Gasteiger partial charge in [-0.05, 0) is 41.5 Å². The summed E-state index contributed by atoms with van der Waals surface area (Å²) in [7, 11) is 0. The van der Waals surface area contributed by atoms with Crippen LogP contribution in [-0.4, -0.2) is 10.2 Å². The van der Waals surface area contributed by atoms with Gasteiger partial charge in [0.15, 0.2) is 0 Å². The van der Waals surface area contributed by atoms with Crippen LogP contribution in [-0.2, 0) is 0 Å². The van der Waals surface area contributed by atoms with E-state index in [4.69, 9.17) is 0 Å². The van der Waals surface area contributed by atoms with Crippen molar-refractivity contribution in [3.63, 3.8) is 0 Å². The Morgan fingerprint density at radius 1 is 1.29 bits per heavy atom. The molecule has 2 nitrogen and oxygen atoms in total. The van der Waals surface area contributed by atoms with E-state index >= 15 is 0 Å². The van der Waals surface area contributed by atoms with Gasteiger partial charge in [-0.25, -0.2) is 4.39 Å². The van der Waals surface area contributed by atoms with Gasteiger partial charge >= 0.3 is 0 Å². The van der Waals surface area contributed by atoms with E-state index in [0.29, 0.717) is 11.5 Å². The molecule has 1 saturated carbocycles. The molecule has 1 aromatic carbocycles. The van der Waals surface area contributed by atoms with E-state index in [1.54, 1.807) is 6.07 Å². The lowest BCUT2D eigenvalue weighted by molar-refractivity contribution is 0.411. The fourth-order valence-corrected chi connectivity index (χ4v) is 2.95. The zero-order chi connectivity index (χ0) is 11.8. The summed E-state index contributed by atoms with van der Waals surface area (Å²) >= 11 is 2.17. The Hall–Kier alpha value is -0.910. The highest BCUT2D eigenvalue weighted by Crippen LogP contribution is 2.41. The second kappa shape index (κ2) is 4.40. The van der Waals surface area contributed by atoms with E-state index < -0.39 is 0 Å². The van der Waals surface area contributed by atoms with Gasteiger partial charge in [-0.2, -0.15) is 5.10 Å². The maximum Gasteiger partial charge on any atom is 0.131 e. The molecule has 0 bridgehead atoms. The van der Waals surface area contributed by atoms with Gasteiger partial charge in [0.2, 0.25) is 0 Å². The first-order valence-corrected chi connectivity index (χ1v) is 6.84. The van der Waals surface area contributed by atoms with Crippen molar-refractivity contribution in [1.29, 1.82) is 0 Å². The maximum absolute atomic E-state index is 13.9. The number of aromatic amines is 1. The molecule has 1 N–H and O–H groups in total. The third kappa shape index (κ3) is 1.88. The third-order valence-electron chi connectivity index (χ3n) is 3.41. The first-order valence-electron chi connectivity index (χ1n) is 5.76. The summed E-state index contributed by atoms with van der Waals surface area (Å²) in [6.07, 6.45) is 3.62. The van der Waals surface area contributed by atoms with Crippen LogP contribution in [0.5, 0.6) is 0 Å². The molecule has 1 fully saturated rings. The predicted molar refractivity (Wildman–Crippen MR) is 73.3 cm³/mol. The van der Waals surface area contributed by atoms with E-state index in [2.05, 4.69) is 32.8 Å². The Morgan fingerprint density at radius 3 is 2.71 bits per heavy atom.